The van der Waals surface area contributed by atoms with Gasteiger partial charge in [0.15, 0.2) is 23.0 Å². The number of rotatable bonds is 9. The molecular formula is C31H31NO7. The Bertz CT molecular complexity index is 1400. The molecule has 1 amide bonds. The van der Waals surface area contributed by atoms with Gasteiger partial charge in [-0.25, -0.2) is 0 Å². The number of nitrogens with zero attached hydrogens (tertiary/aromatic N) is 1. The van der Waals surface area contributed by atoms with Gasteiger partial charge < -0.3 is 29.0 Å². The maximum atomic E-state index is 13.5. The number of benzene rings is 3. The van der Waals surface area contributed by atoms with Crippen LogP contribution < -0.4 is 18.9 Å². The van der Waals surface area contributed by atoms with Crippen molar-refractivity contribution in [2.75, 3.05) is 26.9 Å². The number of hydrogen-bond acceptors (Lipinski definition) is 7. The first-order chi connectivity index (χ1) is 19.0. The van der Waals surface area contributed by atoms with Gasteiger partial charge in [0.25, 0.3) is 11.7 Å². The minimum atomic E-state index is -0.850. The van der Waals surface area contributed by atoms with Gasteiger partial charge in [-0.05, 0) is 47.9 Å². The van der Waals surface area contributed by atoms with Crippen LogP contribution in [0.2, 0.25) is 0 Å². The van der Waals surface area contributed by atoms with Gasteiger partial charge in [-0.1, -0.05) is 49.7 Å². The van der Waals surface area contributed by atoms with Crippen LogP contribution in [0, 0.1) is 0 Å². The number of Topliss-reactive ketones (excluding diaryl/α,β-unsaturated/α-hetero) is 1. The number of aliphatic hydroxyl groups is 1. The molecule has 0 bridgehead atoms. The van der Waals surface area contributed by atoms with Crippen LogP contribution in [0.25, 0.3) is 5.76 Å². The van der Waals surface area contributed by atoms with Gasteiger partial charge in [-0.3, -0.25) is 9.59 Å². The quantitative estimate of drug-likeness (QED) is 0.175. The monoisotopic (exact) mass is 529 g/mol. The predicted molar refractivity (Wildman–Crippen MR) is 145 cm³/mol. The number of ketones is 1. The summed E-state index contributed by atoms with van der Waals surface area (Å²) >= 11 is 0. The second-order valence-electron chi connectivity index (χ2n) is 9.38. The molecule has 1 fully saturated rings. The third-order valence-corrected chi connectivity index (χ3v) is 6.81. The molecule has 3 aromatic rings. The van der Waals surface area contributed by atoms with E-state index in [0.717, 1.165) is 18.4 Å². The lowest BCUT2D eigenvalue weighted by Gasteiger charge is -2.26. The number of ether oxygens (including phenoxy) is 4. The molecule has 0 spiro atoms. The Morgan fingerprint density at radius 2 is 1.74 bits per heavy atom. The smallest absolute Gasteiger partial charge is 0.295 e. The van der Waals surface area contributed by atoms with Gasteiger partial charge in [-0.2, -0.15) is 0 Å². The molecule has 0 saturated carbocycles. The van der Waals surface area contributed by atoms with E-state index in [0.29, 0.717) is 53.9 Å². The zero-order valence-corrected chi connectivity index (χ0v) is 22.0. The number of likely N-dealkylation sites (tertiary alicyclic amines) is 1. The Labute approximate surface area is 227 Å². The molecule has 0 aliphatic carbocycles. The number of amides is 1. The topological polar surface area (TPSA) is 94.5 Å². The maximum absolute atomic E-state index is 13.5. The SMILES string of the molecule is CCCCOc1ccc([C@H]2/C(=C(\O)c3ccc4c(c3)OCCO4)C(=O)C(=O)N2Cc2ccccc2)cc1OC. The lowest BCUT2D eigenvalue weighted by molar-refractivity contribution is -0.140. The fourth-order valence-electron chi connectivity index (χ4n) is 4.82. The lowest BCUT2D eigenvalue weighted by Crippen LogP contribution is -2.29. The molecule has 3 aromatic carbocycles. The van der Waals surface area contributed by atoms with E-state index in [2.05, 4.69) is 6.92 Å². The predicted octanol–water partition coefficient (Wildman–Crippen LogP) is 5.27. The molecule has 0 aromatic heterocycles. The molecule has 202 valence electrons. The van der Waals surface area contributed by atoms with E-state index in [1.54, 1.807) is 43.5 Å². The average molecular weight is 530 g/mol. The molecule has 2 aliphatic rings. The molecule has 1 saturated heterocycles. The highest BCUT2D eigenvalue weighted by atomic mass is 16.6. The van der Waals surface area contributed by atoms with Crippen molar-refractivity contribution in [1.82, 2.24) is 4.90 Å². The second-order valence-corrected chi connectivity index (χ2v) is 9.38. The molecular weight excluding hydrogens is 498 g/mol. The summed E-state index contributed by atoms with van der Waals surface area (Å²) in [6, 6.07) is 18.9. The van der Waals surface area contributed by atoms with Crippen LogP contribution in [0.4, 0.5) is 0 Å². The molecule has 1 atom stereocenters. The first-order valence-electron chi connectivity index (χ1n) is 13.0. The van der Waals surface area contributed by atoms with Gasteiger partial charge in [0.1, 0.15) is 19.0 Å². The van der Waals surface area contributed by atoms with Crippen LogP contribution in [-0.4, -0.2) is 48.6 Å². The van der Waals surface area contributed by atoms with Crippen molar-refractivity contribution in [3.05, 3.63) is 89.0 Å². The molecule has 2 heterocycles. The third kappa shape index (κ3) is 5.27. The Kier molecular flexibility index (Phi) is 7.72. The fraction of sp³-hybridized carbons (Fsp3) is 0.290. The van der Waals surface area contributed by atoms with Gasteiger partial charge in [-0.15, -0.1) is 0 Å². The Morgan fingerprint density at radius 3 is 2.49 bits per heavy atom. The highest BCUT2D eigenvalue weighted by molar-refractivity contribution is 6.46. The highest BCUT2D eigenvalue weighted by Crippen LogP contribution is 2.43. The van der Waals surface area contributed by atoms with Crippen molar-refractivity contribution in [2.24, 2.45) is 0 Å². The van der Waals surface area contributed by atoms with Crippen molar-refractivity contribution in [2.45, 2.75) is 32.4 Å². The molecule has 39 heavy (non-hydrogen) atoms. The van der Waals surface area contributed by atoms with Crippen LogP contribution in [0.1, 0.15) is 42.5 Å². The molecule has 1 N–H and O–H groups in total. The minimum absolute atomic E-state index is 0.00527. The summed E-state index contributed by atoms with van der Waals surface area (Å²) in [5.74, 6) is 0.344. The first-order valence-corrected chi connectivity index (χ1v) is 13.0. The number of hydrogen-bond donors (Lipinski definition) is 1. The van der Waals surface area contributed by atoms with Gasteiger partial charge in [0.05, 0.1) is 25.3 Å². The lowest BCUT2D eigenvalue weighted by atomic mass is 9.94. The third-order valence-electron chi connectivity index (χ3n) is 6.81. The molecule has 8 heteroatoms. The Morgan fingerprint density at radius 1 is 0.974 bits per heavy atom. The summed E-state index contributed by atoms with van der Waals surface area (Å²) in [6.07, 6.45) is 1.89. The van der Waals surface area contributed by atoms with Crippen LogP contribution in [0.15, 0.2) is 72.3 Å². The number of fused-ring (bicyclic) bond motifs is 1. The summed E-state index contributed by atoms with van der Waals surface area (Å²) < 4.78 is 22.7. The van der Waals surface area contributed by atoms with Crippen LogP contribution in [0.5, 0.6) is 23.0 Å². The number of methoxy groups -OCH3 is 1. The largest absolute Gasteiger partial charge is 0.507 e. The van der Waals surface area contributed by atoms with Crippen molar-refractivity contribution in [3.8, 4) is 23.0 Å². The van der Waals surface area contributed by atoms with E-state index in [1.807, 2.05) is 30.3 Å². The standard InChI is InChI=1S/C31H31NO7/c1-3-4-14-37-23-12-10-21(17-25(23)36-2)28-27(29(33)22-11-13-24-26(18-22)39-16-15-38-24)30(34)31(35)32(28)19-20-8-6-5-7-9-20/h5-13,17-18,28,33H,3-4,14-16,19H2,1-2H3/b29-27+/t28-/m0/s1. The Hall–Kier alpha value is -4.46. The van der Waals surface area contributed by atoms with Crippen molar-refractivity contribution < 1.29 is 33.6 Å². The average Bonchev–Trinajstić information content (AvgIpc) is 3.22. The van der Waals surface area contributed by atoms with Crippen molar-refractivity contribution in [1.29, 1.82) is 0 Å². The molecule has 2 aliphatic heterocycles. The molecule has 0 unspecified atom stereocenters. The molecule has 5 rings (SSSR count). The maximum Gasteiger partial charge on any atom is 0.295 e. The van der Waals surface area contributed by atoms with Crippen molar-refractivity contribution >= 4 is 17.4 Å². The summed E-state index contributed by atoms with van der Waals surface area (Å²) in [5, 5.41) is 11.5. The van der Waals surface area contributed by atoms with E-state index in [1.165, 1.54) is 4.90 Å². The van der Waals surface area contributed by atoms with Crippen LogP contribution >= 0.6 is 0 Å². The van der Waals surface area contributed by atoms with Crippen LogP contribution in [-0.2, 0) is 16.1 Å². The Balaban J connectivity index is 1.61. The number of aliphatic hydroxyl groups excluding tert-OH is 1. The van der Waals surface area contributed by atoms with E-state index < -0.39 is 17.7 Å². The normalized spacial score (nSPS) is 17.8. The minimum Gasteiger partial charge on any atom is -0.507 e. The zero-order chi connectivity index (χ0) is 27.4. The zero-order valence-electron chi connectivity index (χ0n) is 22.0. The van der Waals surface area contributed by atoms with E-state index in [-0.39, 0.29) is 17.9 Å². The highest BCUT2D eigenvalue weighted by Gasteiger charge is 2.46. The summed E-state index contributed by atoms with van der Waals surface area (Å²) in [7, 11) is 1.54. The van der Waals surface area contributed by atoms with E-state index in [9.17, 15) is 14.7 Å². The second kappa shape index (κ2) is 11.5. The number of carbonyl (C=O) groups excluding carboxylic acids is 2. The van der Waals surface area contributed by atoms with Gasteiger partial charge in [0.2, 0.25) is 0 Å². The molecule has 0 radical (unpaired) electrons. The summed E-state index contributed by atoms with van der Waals surface area (Å²) in [5.41, 5.74) is 1.82. The van der Waals surface area contributed by atoms with Gasteiger partial charge in [0, 0.05) is 12.1 Å². The number of unbranched alkanes of at least 4 members (excludes halogenated alkanes) is 1. The first kappa shape index (κ1) is 26.2. The van der Waals surface area contributed by atoms with Crippen LogP contribution in [0.3, 0.4) is 0 Å². The number of carbonyl (C=O) groups is 2. The van der Waals surface area contributed by atoms with Gasteiger partial charge >= 0.3 is 0 Å². The fourth-order valence-corrected chi connectivity index (χ4v) is 4.82. The van der Waals surface area contributed by atoms with E-state index >= 15 is 0 Å². The van der Waals surface area contributed by atoms with Crippen molar-refractivity contribution in [3.63, 3.8) is 0 Å². The summed E-state index contributed by atoms with van der Waals surface area (Å²) in [6.45, 7) is 3.63. The van der Waals surface area contributed by atoms with E-state index in [4.69, 9.17) is 18.9 Å². The summed E-state index contributed by atoms with van der Waals surface area (Å²) in [4.78, 5) is 28.3. The molecule has 8 nitrogen and oxygen atoms in total.